The molecule has 11 nitrogen and oxygen atoms in total. The molecule has 2 unspecified atom stereocenters. The zero-order valence-electron chi connectivity index (χ0n) is 31.8. The Labute approximate surface area is 307 Å². The van der Waals surface area contributed by atoms with Crippen LogP contribution in [0.15, 0.2) is 66.7 Å². The summed E-state index contributed by atoms with van der Waals surface area (Å²) in [5, 5.41) is 11.4. The van der Waals surface area contributed by atoms with E-state index >= 15 is 0 Å². The first-order chi connectivity index (χ1) is 24.1. The molecule has 3 aromatic carbocycles. The lowest BCUT2D eigenvalue weighted by Gasteiger charge is -2.24. The van der Waals surface area contributed by atoms with E-state index in [-0.39, 0.29) is 31.0 Å². The Morgan fingerprint density at radius 1 is 0.769 bits per heavy atom. The summed E-state index contributed by atoms with van der Waals surface area (Å²) in [6, 6.07) is 19.9. The minimum absolute atomic E-state index is 0.0446. The number of nitrogens with one attached hydrogen (secondary N) is 1. The fourth-order valence-corrected chi connectivity index (χ4v) is 5.34. The fourth-order valence-electron chi connectivity index (χ4n) is 5.34. The van der Waals surface area contributed by atoms with E-state index in [0.717, 1.165) is 34.4 Å². The van der Waals surface area contributed by atoms with E-state index in [1.807, 2.05) is 90.1 Å². The molecule has 2 atom stereocenters. The summed E-state index contributed by atoms with van der Waals surface area (Å²) in [5.41, 5.74) is 10.9. The summed E-state index contributed by atoms with van der Waals surface area (Å²) in [5.74, 6) is -1.33. The first-order valence-electron chi connectivity index (χ1n) is 17.4. The molecule has 0 saturated heterocycles. The number of hydrogen-bond acceptors (Lipinski definition) is 9. The monoisotopic (exact) mass is 718 g/mol. The van der Waals surface area contributed by atoms with Crippen molar-refractivity contribution in [3.63, 3.8) is 0 Å². The van der Waals surface area contributed by atoms with Gasteiger partial charge in [0.2, 0.25) is 0 Å². The number of carboxylic acid groups (broad SMARTS) is 1. The molecule has 0 aliphatic heterocycles. The molecule has 0 bridgehead atoms. The number of aliphatic carboxylic acids is 1. The highest BCUT2D eigenvalue weighted by Crippen LogP contribution is 2.38. The van der Waals surface area contributed by atoms with Crippen LogP contribution in [-0.2, 0) is 48.0 Å². The number of carbonyl (C=O) groups is 4. The van der Waals surface area contributed by atoms with Crippen molar-refractivity contribution in [3.8, 4) is 16.9 Å². The number of fused-ring (bicyclic) bond motifs is 3. The van der Waals surface area contributed by atoms with Gasteiger partial charge < -0.3 is 35.1 Å². The Bertz CT molecular complexity index is 1700. The van der Waals surface area contributed by atoms with E-state index in [2.05, 4.69) is 23.5 Å². The fraction of sp³-hybridized carbons (Fsp3) is 0.463. The summed E-state index contributed by atoms with van der Waals surface area (Å²) in [4.78, 5) is 47.5. The Morgan fingerprint density at radius 2 is 1.37 bits per heavy atom. The average Bonchev–Trinajstić information content (AvgIpc) is 3.40. The van der Waals surface area contributed by atoms with Crippen LogP contribution in [0.3, 0.4) is 0 Å². The number of alkyl carbamates (subject to hydrolysis) is 1. The molecule has 282 valence electrons. The highest BCUT2D eigenvalue weighted by Gasteiger charge is 2.28. The molecule has 4 rings (SSSR count). The van der Waals surface area contributed by atoms with Gasteiger partial charge >= 0.3 is 24.0 Å². The molecule has 1 aliphatic carbocycles. The lowest BCUT2D eigenvalue weighted by Crippen LogP contribution is -2.44. The zero-order chi connectivity index (χ0) is 38.9. The third-order valence-corrected chi connectivity index (χ3v) is 7.45. The molecule has 4 N–H and O–H groups in total. The normalized spacial score (nSPS) is 13.3. The summed E-state index contributed by atoms with van der Waals surface area (Å²) in [7, 11) is 0. The molecule has 0 radical (unpaired) electrons. The van der Waals surface area contributed by atoms with Crippen molar-refractivity contribution < 1.29 is 43.2 Å². The maximum atomic E-state index is 12.4. The van der Waals surface area contributed by atoms with Gasteiger partial charge in [0.05, 0.1) is 0 Å². The Morgan fingerprint density at radius 3 is 1.96 bits per heavy atom. The highest BCUT2D eigenvalue weighted by atomic mass is 16.6. The quantitative estimate of drug-likeness (QED) is 0.107. The third-order valence-electron chi connectivity index (χ3n) is 7.45. The van der Waals surface area contributed by atoms with Crippen molar-refractivity contribution in [2.45, 2.75) is 123 Å². The first kappa shape index (κ1) is 41.5. The van der Waals surface area contributed by atoms with Gasteiger partial charge in [-0.3, -0.25) is 9.59 Å². The van der Waals surface area contributed by atoms with Crippen LogP contribution in [0.1, 0.15) is 97.4 Å². The molecule has 0 saturated carbocycles. The van der Waals surface area contributed by atoms with Crippen molar-refractivity contribution in [3.05, 3.63) is 89.0 Å². The summed E-state index contributed by atoms with van der Waals surface area (Å²) >= 11 is 0. The van der Waals surface area contributed by atoms with Crippen LogP contribution in [0.5, 0.6) is 5.75 Å². The van der Waals surface area contributed by atoms with Crippen molar-refractivity contribution in [1.82, 2.24) is 5.32 Å². The molecule has 52 heavy (non-hydrogen) atoms. The van der Waals surface area contributed by atoms with Gasteiger partial charge in [0.15, 0.2) is 0 Å². The maximum absolute atomic E-state index is 12.4. The molecule has 0 fully saturated rings. The SMILES string of the molecule is CC(C)(C)OC(=O)C(CCC(=O)O)NC(=O)OCc1cccc2c1Cc1ccccc1-2.CC(C)(C)OC(=O)C(N)Cc1ccc(OC(C)(C)C)cc1. The number of ether oxygens (including phenoxy) is 4. The minimum Gasteiger partial charge on any atom is -0.488 e. The van der Waals surface area contributed by atoms with Crippen molar-refractivity contribution in [2.24, 2.45) is 5.73 Å². The summed E-state index contributed by atoms with van der Waals surface area (Å²) in [6.07, 6.45) is 0.0509. The van der Waals surface area contributed by atoms with E-state index < -0.39 is 41.3 Å². The molecular formula is C41H54N2O9. The smallest absolute Gasteiger partial charge is 0.408 e. The van der Waals surface area contributed by atoms with E-state index in [0.29, 0.717) is 6.42 Å². The number of amides is 1. The van der Waals surface area contributed by atoms with Gasteiger partial charge in [0.25, 0.3) is 0 Å². The van der Waals surface area contributed by atoms with Crippen LogP contribution >= 0.6 is 0 Å². The second kappa shape index (κ2) is 17.5. The molecule has 11 heteroatoms. The number of esters is 2. The summed E-state index contributed by atoms with van der Waals surface area (Å²) < 4.78 is 21.7. The van der Waals surface area contributed by atoms with Gasteiger partial charge in [-0.15, -0.1) is 0 Å². The molecule has 1 aliphatic rings. The molecule has 0 heterocycles. The molecule has 3 aromatic rings. The highest BCUT2D eigenvalue weighted by molar-refractivity contribution is 5.82. The van der Waals surface area contributed by atoms with Gasteiger partial charge in [-0.1, -0.05) is 54.6 Å². The van der Waals surface area contributed by atoms with Crippen LogP contribution < -0.4 is 15.8 Å². The standard InChI is InChI=1S/C24H27NO6.C17H27NO3/c1-24(2,3)31-22(28)20(11-12-21(26)27)25-23(29)30-14-16-8-6-10-18-17-9-5-4-7-15(17)13-19(16)18;1-16(2,3)20-13-9-7-12(8-10-13)11-14(18)15(19)21-17(4,5)6/h4-10,20H,11-14H2,1-3H3,(H,25,29)(H,26,27);7-10,14H,11,18H2,1-6H3. The minimum atomic E-state index is -1.10. The van der Waals surface area contributed by atoms with Crippen LogP contribution in [0.25, 0.3) is 11.1 Å². The third kappa shape index (κ3) is 14.0. The lowest BCUT2D eigenvalue weighted by atomic mass is 10.0. The Hall–Kier alpha value is -4.90. The zero-order valence-corrected chi connectivity index (χ0v) is 31.8. The molecule has 0 spiro atoms. The van der Waals surface area contributed by atoms with Gasteiger partial charge in [-0.2, -0.15) is 0 Å². The second-order valence-electron chi connectivity index (χ2n) is 15.7. The van der Waals surface area contributed by atoms with Crippen molar-refractivity contribution >= 4 is 24.0 Å². The summed E-state index contributed by atoms with van der Waals surface area (Å²) in [6.45, 7) is 16.6. The van der Waals surface area contributed by atoms with E-state index in [9.17, 15) is 19.2 Å². The maximum Gasteiger partial charge on any atom is 0.408 e. The topological polar surface area (TPSA) is 163 Å². The first-order valence-corrected chi connectivity index (χ1v) is 17.4. The molecular weight excluding hydrogens is 664 g/mol. The van der Waals surface area contributed by atoms with E-state index in [1.54, 1.807) is 20.8 Å². The predicted molar refractivity (Wildman–Crippen MR) is 199 cm³/mol. The predicted octanol–water partition coefficient (Wildman–Crippen LogP) is 7.13. The number of rotatable bonds is 11. The van der Waals surface area contributed by atoms with E-state index in [4.69, 9.17) is 29.8 Å². The molecule has 1 amide bonds. The van der Waals surface area contributed by atoms with Gasteiger partial charge in [-0.05, 0) is 127 Å². The van der Waals surface area contributed by atoms with Crippen molar-refractivity contribution in [1.29, 1.82) is 0 Å². The van der Waals surface area contributed by atoms with Gasteiger partial charge in [-0.25, -0.2) is 9.59 Å². The Kier molecular flexibility index (Phi) is 14.0. The van der Waals surface area contributed by atoms with Gasteiger partial charge in [0.1, 0.15) is 41.2 Å². The number of hydrogen-bond donors (Lipinski definition) is 3. The van der Waals surface area contributed by atoms with Crippen LogP contribution in [0, 0.1) is 0 Å². The van der Waals surface area contributed by atoms with Crippen LogP contribution in [-0.4, -0.2) is 58.0 Å². The lowest BCUT2D eigenvalue weighted by molar-refractivity contribution is -0.158. The number of benzene rings is 3. The van der Waals surface area contributed by atoms with Crippen LogP contribution in [0.4, 0.5) is 4.79 Å². The number of nitrogens with two attached hydrogens (primary N) is 1. The van der Waals surface area contributed by atoms with Gasteiger partial charge in [0, 0.05) is 6.42 Å². The largest absolute Gasteiger partial charge is 0.488 e. The number of carbonyl (C=O) groups excluding carboxylic acids is 3. The van der Waals surface area contributed by atoms with Crippen molar-refractivity contribution in [2.75, 3.05) is 0 Å². The Balaban J connectivity index is 0.000000304. The second-order valence-corrected chi connectivity index (χ2v) is 15.7. The van der Waals surface area contributed by atoms with Crippen LogP contribution in [0.2, 0.25) is 0 Å². The van der Waals surface area contributed by atoms with E-state index in [1.165, 1.54) is 11.1 Å². The molecule has 0 aromatic heterocycles. The number of carboxylic acids is 1. The average molecular weight is 719 g/mol.